The molecule has 0 aromatic heterocycles. The molecule has 1 N–H and O–H groups in total. The summed E-state index contributed by atoms with van der Waals surface area (Å²) >= 11 is 4.02. The fourth-order valence-corrected chi connectivity index (χ4v) is 9.71. The molecule has 0 saturated heterocycles. The van der Waals surface area contributed by atoms with Crippen molar-refractivity contribution in [2.75, 3.05) is 11.5 Å². The molecule has 2 aromatic carbocycles. The highest BCUT2D eigenvalue weighted by atomic mass is 32.2. The van der Waals surface area contributed by atoms with Crippen molar-refractivity contribution in [1.29, 1.82) is 0 Å². The molecule has 310 valence electrons. The van der Waals surface area contributed by atoms with Gasteiger partial charge in [-0.15, -0.1) is 23.5 Å². The third kappa shape index (κ3) is 16.7. The molecule has 0 saturated carbocycles. The number of aromatic hydroxyl groups is 1. The fourth-order valence-electron chi connectivity index (χ4n) is 7.65. The van der Waals surface area contributed by atoms with Gasteiger partial charge in [0.15, 0.2) is 0 Å². The Morgan fingerprint density at radius 2 is 0.926 bits per heavy atom. The third-order valence-corrected chi connectivity index (χ3v) is 14.1. The van der Waals surface area contributed by atoms with E-state index in [1.54, 1.807) is 0 Å². The second kappa shape index (κ2) is 29.0. The van der Waals surface area contributed by atoms with E-state index >= 15 is 0 Å². The average molecular weight is 783 g/mol. The van der Waals surface area contributed by atoms with Gasteiger partial charge in [0.25, 0.3) is 0 Å². The van der Waals surface area contributed by atoms with Crippen LogP contribution in [0.2, 0.25) is 0 Å². The van der Waals surface area contributed by atoms with Crippen LogP contribution in [0.1, 0.15) is 256 Å². The van der Waals surface area contributed by atoms with Crippen molar-refractivity contribution in [2.24, 2.45) is 0 Å². The molecule has 4 atom stereocenters. The molecule has 54 heavy (non-hydrogen) atoms. The quantitative estimate of drug-likeness (QED) is 0.0591. The first-order valence-corrected chi connectivity index (χ1v) is 25.2. The minimum absolute atomic E-state index is 0.215. The SMILES string of the molecule is CCCCCCCCCSc1cc(C(C)CC)c(Oc2c(SCCCCCCCCC)cc(C(C)CCCC)c(O)c2C(C)CCCC)c(C(C)CC)c1. The molecule has 0 aliphatic heterocycles. The first-order chi connectivity index (χ1) is 26.2. The lowest BCUT2D eigenvalue weighted by atomic mass is 9.87. The Bertz CT molecular complexity index is 1240. The van der Waals surface area contributed by atoms with Gasteiger partial charge in [0.1, 0.15) is 17.2 Å². The average Bonchev–Trinajstić information content (AvgIpc) is 3.18. The summed E-state index contributed by atoms with van der Waals surface area (Å²) in [5, 5.41) is 12.3. The fraction of sp³-hybridized carbons (Fsp3) is 0.760. The van der Waals surface area contributed by atoms with E-state index in [0.717, 1.165) is 66.9 Å². The van der Waals surface area contributed by atoms with Crippen molar-refractivity contribution in [1.82, 2.24) is 0 Å². The van der Waals surface area contributed by atoms with E-state index < -0.39 is 0 Å². The van der Waals surface area contributed by atoms with Crippen LogP contribution < -0.4 is 4.74 Å². The molecule has 4 heteroatoms. The maximum absolute atomic E-state index is 12.3. The summed E-state index contributed by atoms with van der Waals surface area (Å²) < 4.78 is 7.52. The van der Waals surface area contributed by atoms with Gasteiger partial charge < -0.3 is 9.84 Å². The van der Waals surface area contributed by atoms with Crippen LogP contribution in [0.5, 0.6) is 17.2 Å². The maximum Gasteiger partial charge on any atom is 0.148 e. The van der Waals surface area contributed by atoms with Crippen LogP contribution in [0.15, 0.2) is 28.0 Å². The number of phenols is 1. The Morgan fingerprint density at radius 1 is 0.481 bits per heavy atom. The molecule has 0 bridgehead atoms. The molecule has 2 aromatic rings. The molecular formula is C50H86O2S2. The number of phenolic OH excluding ortho intramolecular Hbond substituents is 1. The standard InChI is InChI=1S/C50H86O2S2/c1-11-17-21-23-25-27-29-33-53-42-35-44(38(7)15-5)49(45(36-42)39(8)16-6)52-50-46(54-34-30-28-26-24-22-18-12-2)37-43(40(9)31-19-13-3)48(51)47(50)41(10)32-20-14-4/h35-41,51H,11-34H2,1-10H3. The van der Waals surface area contributed by atoms with Crippen LogP contribution in [-0.4, -0.2) is 16.6 Å². The van der Waals surface area contributed by atoms with Crippen molar-refractivity contribution >= 4 is 23.5 Å². The first-order valence-electron chi connectivity index (χ1n) is 23.2. The van der Waals surface area contributed by atoms with Crippen molar-refractivity contribution in [2.45, 2.75) is 244 Å². The normalized spacial score (nSPS) is 14.0. The Morgan fingerprint density at radius 3 is 1.41 bits per heavy atom. The highest BCUT2D eigenvalue weighted by Crippen LogP contribution is 2.52. The topological polar surface area (TPSA) is 29.5 Å². The molecule has 2 nitrogen and oxygen atoms in total. The number of hydrogen-bond acceptors (Lipinski definition) is 4. The van der Waals surface area contributed by atoms with Gasteiger partial charge in [-0.25, -0.2) is 0 Å². The van der Waals surface area contributed by atoms with Crippen LogP contribution in [0.4, 0.5) is 0 Å². The van der Waals surface area contributed by atoms with Crippen molar-refractivity contribution in [3.63, 3.8) is 0 Å². The Hall–Kier alpha value is -1.26. The number of unbranched alkanes of at least 4 members (excludes halogenated alkanes) is 14. The molecule has 2 rings (SSSR count). The zero-order chi connectivity index (χ0) is 39.7. The van der Waals surface area contributed by atoms with E-state index in [-0.39, 0.29) is 5.92 Å². The summed E-state index contributed by atoms with van der Waals surface area (Å²) in [5.41, 5.74) is 4.85. The summed E-state index contributed by atoms with van der Waals surface area (Å²) in [6.07, 6.45) is 27.6. The molecular weight excluding hydrogens is 697 g/mol. The number of thioether (sulfide) groups is 2. The van der Waals surface area contributed by atoms with Gasteiger partial charge in [-0.05, 0) is 109 Å². The smallest absolute Gasteiger partial charge is 0.148 e. The van der Waals surface area contributed by atoms with Crippen LogP contribution in [-0.2, 0) is 0 Å². The molecule has 0 aliphatic rings. The van der Waals surface area contributed by atoms with E-state index in [9.17, 15) is 5.11 Å². The zero-order valence-electron chi connectivity index (χ0n) is 37.2. The number of hydrogen-bond donors (Lipinski definition) is 1. The monoisotopic (exact) mass is 783 g/mol. The minimum Gasteiger partial charge on any atom is -0.507 e. The highest BCUT2D eigenvalue weighted by molar-refractivity contribution is 7.99. The summed E-state index contributed by atoms with van der Waals surface area (Å²) in [5.74, 6) is 6.06. The van der Waals surface area contributed by atoms with Crippen molar-refractivity contribution < 1.29 is 9.84 Å². The van der Waals surface area contributed by atoms with E-state index in [1.807, 2.05) is 23.5 Å². The largest absolute Gasteiger partial charge is 0.507 e. The number of benzene rings is 2. The van der Waals surface area contributed by atoms with E-state index in [0.29, 0.717) is 23.5 Å². The summed E-state index contributed by atoms with van der Waals surface area (Å²) in [6, 6.07) is 7.27. The molecule has 0 amide bonds. The Balaban J connectivity index is 2.66. The number of rotatable bonds is 32. The summed E-state index contributed by atoms with van der Waals surface area (Å²) in [7, 11) is 0. The molecule has 4 unspecified atom stereocenters. The number of ether oxygens (including phenoxy) is 1. The van der Waals surface area contributed by atoms with Gasteiger partial charge in [0, 0.05) is 10.5 Å². The van der Waals surface area contributed by atoms with Crippen LogP contribution in [0, 0.1) is 0 Å². The molecule has 0 radical (unpaired) electrons. The lowest BCUT2D eigenvalue weighted by molar-refractivity contribution is 0.407. The summed E-state index contributed by atoms with van der Waals surface area (Å²) in [6.45, 7) is 23.2. The molecule has 0 heterocycles. The van der Waals surface area contributed by atoms with Crippen LogP contribution >= 0.6 is 23.5 Å². The highest BCUT2D eigenvalue weighted by Gasteiger charge is 2.29. The van der Waals surface area contributed by atoms with Gasteiger partial charge in [-0.2, -0.15) is 0 Å². The zero-order valence-corrected chi connectivity index (χ0v) is 38.8. The Kier molecular flexibility index (Phi) is 26.3. The van der Waals surface area contributed by atoms with Gasteiger partial charge in [0.05, 0.1) is 4.90 Å². The van der Waals surface area contributed by atoms with Gasteiger partial charge in [0.2, 0.25) is 0 Å². The second-order valence-corrected chi connectivity index (χ2v) is 19.0. The predicted molar refractivity (Wildman–Crippen MR) is 245 cm³/mol. The van der Waals surface area contributed by atoms with Crippen LogP contribution in [0.3, 0.4) is 0 Å². The third-order valence-electron chi connectivity index (χ3n) is 11.9. The predicted octanol–water partition coefficient (Wildman–Crippen LogP) is 18.5. The van der Waals surface area contributed by atoms with E-state index in [1.165, 1.54) is 129 Å². The maximum atomic E-state index is 12.3. The lowest BCUT2D eigenvalue weighted by Gasteiger charge is -2.28. The van der Waals surface area contributed by atoms with Crippen molar-refractivity contribution in [3.05, 3.63) is 40.5 Å². The molecule has 0 fully saturated rings. The summed E-state index contributed by atoms with van der Waals surface area (Å²) in [4.78, 5) is 2.63. The van der Waals surface area contributed by atoms with Crippen molar-refractivity contribution in [3.8, 4) is 17.2 Å². The first kappa shape index (κ1) is 48.9. The van der Waals surface area contributed by atoms with Gasteiger partial charge >= 0.3 is 0 Å². The van der Waals surface area contributed by atoms with E-state index in [4.69, 9.17) is 4.74 Å². The van der Waals surface area contributed by atoms with Gasteiger partial charge in [-0.3, -0.25) is 0 Å². The molecule has 0 aliphatic carbocycles. The lowest BCUT2D eigenvalue weighted by Crippen LogP contribution is -2.08. The van der Waals surface area contributed by atoms with E-state index in [2.05, 4.69) is 87.4 Å². The van der Waals surface area contributed by atoms with Crippen LogP contribution in [0.25, 0.3) is 0 Å². The minimum atomic E-state index is 0.215. The van der Waals surface area contributed by atoms with Gasteiger partial charge in [-0.1, -0.05) is 172 Å². The Labute approximate surface area is 345 Å². The second-order valence-electron chi connectivity index (χ2n) is 16.7. The molecule has 0 spiro atoms.